The van der Waals surface area contributed by atoms with E-state index in [1.807, 2.05) is 24.0 Å². The SMILES string of the molecule is CCCC1(C(=O)N(CC)c2ccncc2)CCCN1. The zero-order valence-electron chi connectivity index (χ0n) is 11.9. The number of hydrogen-bond donors (Lipinski definition) is 1. The number of anilines is 1. The van der Waals surface area contributed by atoms with Crippen LogP contribution < -0.4 is 10.2 Å². The minimum Gasteiger partial charge on any atom is -0.311 e. The fourth-order valence-electron chi connectivity index (χ4n) is 2.96. The summed E-state index contributed by atoms with van der Waals surface area (Å²) in [5.74, 6) is 0.209. The molecule has 4 heteroatoms. The van der Waals surface area contributed by atoms with Gasteiger partial charge in [0, 0.05) is 24.6 Å². The molecule has 19 heavy (non-hydrogen) atoms. The van der Waals surface area contributed by atoms with Crippen LogP contribution in [0, 0.1) is 0 Å². The largest absolute Gasteiger partial charge is 0.311 e. The number of carbonyl (C=O) groups is 1. The molecule has 1 aromatic rings. The number of rotatable bonds is 5. The van der Waals surface area contributed by atoms with Crippen LogP contribution >= 0.6 is 0 Å². The summed E-state index contributed by atoms with van der Waals surface area (Å²) in [4.78, 5) is 18.8. The van der Waals surface area contributed by atoms with Gasteiger partial charge in [-0.1, -0.05) is 13.3 Å². The minimum atomic E-state index is -0.353. The highest BCUT2D eigenvalue weighted by Gasteiger charge is 2.42. The maximum atomic E-state index is 12.9. The minimum absolute atomic E-state index is 0.209. The summed E-state index contributed by atoms with van der Waals surface area (Å²) in [6.07, 6.45) is 7.43. The van der Waals surface area contributed by atoms with Crippen molar-refractivity contribution < 1.29 is 4.79 Å². The molecular weight excluding hydrogens is 238 g/mol. The van der Waals surface area contributed by atoms with Gasteiger partial charge < -0.3 is 10.2 Å². The van der Waals surface area contributed by atoms with Crippen molar-refractivity contribution >= 4 is 11.6 Å². The normalized spacial score (nSPS) is 22.4. The third-order valence-electron chi connectivity index (χ3n) is 3.87. The molecule has 1 atom stereocenters. The van der Waals surface area contributed by atoms with Gasteiger partial charge in [0.2, 0.25) is 5.91 Å². The molecule has 0 aromatic carbocycles. The number of likely N-dealkylation sites (N-methyl/N-ethyl adjacent to an activating group) is 1. The Kier molecular flexibility index (Phi) is 4.53. The van der Waals surface area contributed by atoms with Gasteiger partial charge in [-0.15, -0.1) is 0 Å². The number of nitrogens with one attached hydrogen (secondary N) is 1. The van der Waals surface area contributed by atoms with Crippen LogP contribution in [0.3, 0.4) is 0 Å². The standard InChI is InChI=1S/C15H23N3O/c1-3-8-15(9-5-10-17-15)14(19)18(4-2)13-6-11-16-12-7-13/h6-7,11-12,17H,3-5,8-10H2,1-2H3. The monoisotopic (exact) mass is 261 g/mol. The van der Waals surface area contributed by atoms with Crippen LogP contribution in [0.15, 0.2) is 24.5 Å². The van der Waals surface area contributed by atoms with E-state index in [9.17, 15) is 4.79 Å². The average Bonchev–Trinajstić information content (AvgIpc) is 2.91. The molecule has 1 aliphatic rings. The fraction of sp³-hybridized carbons (Fsp3) is 0.600. The van der Waals surface area contributed by atoms with Crippen LogP contribution in [-0.2, 0) is 4.79 Å². The first-order valence-corrected chi connectivity index (χ1v) is 7.20. The summed E-state index contributed by atoms with van der Waals surface area (Å²) < 4.78 is 0. The Morgan fingerprint density at radius 2 is 2.16 bits per heavy atom. The molecule has 2 rings (SSSR count). The zero-order chi connectivity index (χ0) is 13.7. The molecule has 0 aliphatic carbocycles. The van der Waals surface area contributed by atoms with Crippen LogP contribution in [0.1, 0.15) is 39.5 Å². The first-order chi connectivity index (χ1) is 9.23. The molecule has 1 aliphatic heterocycles. The highest BCUT2D eigenvalue weighted by molar-refractivity contribution is 6.00. The number of pyridine rings is 1. The van der Waals surface area contributed by atoms with Crippen molar-refractivity contribution in [2.24, 2.45) is 0 Å². The van der Waals surface area contributed by atoms with E-state index < -0.39 is 0 Å². The van der Waals surface area contributed by atoms with Crippen molar-refractivity contribution in [1.82, 2.24) is 10.3 Å². The summed E-state index contributed by atoms with van der Waals surface area (Å²) in [6.45, 7) is 5.79. The highest BCUT2D eigenvalue weighted by Crippen LogP contribution is 2.29. The number of carbonyl (C=O) groups excluding carboxylic acids is 1. The van der Waals surface area contributed by atoms with Crippen molar-refractivity contribution in [1.29, 1.82) is 0 Å². The Hall–Kier alpha value is -1.42. The third-order valence-corrected chi connectivity index (χ3v) is 3.87. The molecule has 1 aromatic heterocycles. The lowest BCUT2D eigenvalue weighted by Crippen LogP contribution is -2.55. The molecular formula is C15H23N3O. The van der Waals surface area contributed by atoms with Gasteiger partial charge in [-0.05, 0) is 44.9 Å². The van der Waals surface area contributed by atoms with Crippen LogP contribution in [0.25, 0.3) is 0 Å². The second-order valence-corrected chi connectivity index (χ2v) is 5.12. The van der Waals surface area contributed by atoms with E-state index in [1.165, 1.54) is 0 Å². The van der Waals surface area contributed by atoms with Gasteiger partial charge in [0.1, 0.15) is 0 Å². The van der Waals surface area contributed by atoms with E-state index in [0.29, 0.717) is 6.54 Å². The lowest BCUT2D eigenvalue weighted by atomic mass is 9.90. The number of nitrogens with zero attached hydrogens (tertiary/aromatic N) is 2. The van der Waals surface area contributed by atoms with Crippen molar-refractivity contribution in [2.75, 3.05) is 18.0 Å². The Balaban J connectivity index is 2.24. The smallest absolute Gasteiger partial charge is 0.247 e. The van der Waals surface area contributed by atoms with E-state index in [-0.39, 0.29) is 11.4 Å². The molecule has 1 fully saturated rings. The van der Waals surface area contributed by atoms with Crippen molar-refractivity contribution in [3.63, 3.8) is 0 Å². The molecule has 0 saturated carbocycles. The Bertz CT molecular complexity index is 413. The Morgan fingerprint density at radius 3 is 2.68 bits per heavy atom. The predicted octanol–water partition coefficient (Wildman–Crippen LogP) is 2.36. The summed E-state index contributed by atoms with van der Waals surface area (Å²) in [5, 5.41) is 3.45. The molecule has 4 nitrogen and oxygen atoms in total. The van der Waals surface area contributed by atoms with E-state index in [4.69, 9.17) is 0 Å². The summed E-state index contributed by atoms with van der Waals surface area (Å²) in [7, 11) is 0. The van der Waals surface area contributed by atoms with Crippen molar-refractivity contribution in [3.8, 4) is 0 Å². The Labute approximate surface area is 115 Å². The molecule has 0 spiro atoms. The quantitative estimate of drug-likeness (QED) is 0.885. The van der Waals surface area contributed by atoms with E-state index in [2.05, 4.69) is 17.2 Å². The van der Waals surface area contributed by atoms with Crippen LogP contribution in [0.5, 0.6) is 0 Å². The number of hydrogen-bond acceptors (Lipinski definition) is 3. The zero-order valence-corrected chi connectivity index (χ0v) is 11.9. The molecule has 1 unspecified atom stereocenters. The van der Waals surface area contributed by atoms with E-state index >= 15 is 0 Å². The van der Waals surface area contributed by atoms with Gasteiger partial charge in [-0.3, -0.25) is 9.78 Å². The maximum absolute atomic E-state index is 12.9. The first kappa shape index (κ1) is 14.0. The summed E-state index contributed by atoms with van der Waals surface area (Å²) in [5.41, 5.74) is 0.584. The maximum Gasteiger partial charge on any atom is 0.247 e. The molecule has 0 radical (unpaired) electrons. The molecule has 1 saturated heterocycles. The van der Waals surface area contributed by atoms with Gasteiger partial charge in [0.05, 0.1) is 5.54 Å². The third kappa shape index (κ3) is 2.78. The van der Waals surface area contributed by atoms with Gasteiger partial charge in [0.25, 0.3) is 0 Å². The summed E-state index contributed by atoms with van der Waals surface area (Å²) >= 11 is 0. The van der Waals surface area contributed by atoms with E-state index in [1.54, 1.807) is 12.4 Å². The van der Waals surface area contributed by atoms with Crippen LogP contribution in [0.4, 0.5) is 5.69 Å². The van der Waals surface area contributed by atoms with Crippen LogP contribution in [0.2, 0.25) is 0 Å². The van der Waals surface area contributed by atoms with Gasteiger partial charge in [0.15, 0.2) is 0 Å². The fourth-order valence-corrected chi connectivity index (χ4v) is 2.96. The van der Waals surface area contributed by atoms with Gasteiger partial charge >= 0.3 is 0 Å². The molecule has 104 valence electrons. The molecule has 1 amide bonds. The first-order valence-electron chi connectivity index (χ1n) is 7.20. The average molecular weight is 261 g/mol. The molecule has 1 N–H and O–H groups in total. The van der Waals surface area contributed by atoms with Gasteiger partial charge in [-0.25, -0.2) is 0 Å². The van der Waals surface area contributed by atoms with Crippen LogP contribution in [-0.4, -0.2) is 29.5 Å². The lowest BCUT2D eigenvalue weighted by molar-refractivity contribution is -0.124. The predicted molar refractivity (Wildman–Crippen MR) is 77.1 cm³/mol. The van der Waals surface area contributed by atoms with Crippen molar-refractivity contribution in [2.45, 2.75) is 45.1 Å². The second-order valence-electron chi connectivity index (χ2n) is 5.12. The highest BCUT2D eigenvalue weighted by atomic mass is 16.2. The second kappa shape index (κ2) is 6.15. The Morgan fingerprint density at radius 1 is 1.42 bits per heavy atom. The topological polar surface area (TPSA) is 45.2 Å². The number of amides is 1. The molecule has 2 heterocycles. The summed E-state index contributed by atoms with van der Waals surface area (Å²) in [6, 6.07) is 3.80. The lowest BCUT2D eigenvalue weighted by Gasteiger charge is -2.34. The number of aromatic nitrogens is 1. The van der Waals surface area contributed by atoms with Crippen molar-refractivity contribution in [3.05, 3.63) is 24.5 Å². The molecule has 0 bridgehead atoms. The van der Waals surface area contributed by atoms with Gasteiger partial charge in [-0.2, -0.15) is 0 Å². The van der Waals surface area contributed by atoms with E-state index in [0.717, 1.165) is 37.9 Å².